The minimum absolute atomic E-state index is 0.0207. The second-order valence-corrected chi connectivity index (χ2v) is 7.80. The largest absolute Gasteiger partial charge is 0.467 e. The number of furan rings is 1. The van der Waals surface area contributed by atoms with E-state index in [0.717, 1.165) is 36.0 Å². The Morgan fingerprint density at radius 1 is 1.46 bits per heavy atom. The molecule has 0 radical (unpaired) electrons. The Balaban J connectivity index is 1.68. The molecule has 2 aromatic heterocycles. The molecule has 3 rings (SSSR count). The molecule has 1 fully saturated rings. The van der Waals surface area contributed by atoms with Gasteiger partial charge in [-0.05, 0) is 45.2 Å². The quantitative estimate of drug-likeness (QED) is 0.742. The van der Waals surface area contributed by atoms with E-state index in [0.29, 0.717) is 18.2 Å². The third-order valence-electron chi connectivity index (χ3n) is 4.28. The summed E-state index contributed by atoms with van der Waals surface area (Å²) in [6.07, 6.45) is 4.88. The molecule has 24 heavy (non-hydrogen) atoms. The Morgan fingerprint density at radius 2 is 2.25 bits per heavy atom. The van der Waals surface area contributed by atoms with Gasteiger partial charge in [0, 0.05) is 11.5 Å². The molecule has 130 valence electrons. The van der Waals surface area contributed by atoms with E-state index in [1.165, 1.54) is 11.8 Å². The van der Waals surface area contributed by atoms with Crippen LogP contribution in [0.25, 0.3) is 0 Å². The van der Waals surface area contributed by atoms with Crippen molar-refractivity contribution in [2.24, 2.45) is 0 Å². The number of carbonyl (C=O) groups is 1. The molecule has 2 aromatic rings. The molecular formula is C17H24N4O2S. The van der Waals surface area contributed by atoms with Crippen molar-refractivity contribution in [2.45, 2.75) is 63.2 Å². The molecule has 1 N–H and O–H groups in total. The number of hydrogen-bond donors (Lipinski definition) is 1. The molecular weight excluding hydrogens is 324 g/mol. The van der Waals surface area contributed by atoms with Crippen LogP contribution in [0.5, 0.6) is 0 Å². The van der Waals surface area contributed by atoms with Crippen molar-refractivity contribution in [3.05, 3.63) is 30.0 Å². The van der Waals surface area contributed by atoms with E-state index in [9.17, 15) is 4.79 Å². The zero-order chi connectivity index (χ0) is 17.2. The average molecular weight is 348 g/mol. The Morgan fingerprint density at radius 3 is 2.88 bits per heavy atom. The van der Waals surface area contributed by atoms with Crippen LogP contribution in [0.2, 0.25) is 0 Å². The third kappa shape index (κ3) is 4.20. The predicted octanol–water partition coefficient (Wildman–Crippen LogP) is 3.19. The first-order valence-corrected chi connectivity index (χ1v) is 9.36. The third-order valence-corrected chi connectivity index (χ3v) is 5.24. The van der Waals surface area contributed by atoms with Gasteiger partial charge in [0.1, 0.15) is 11.6 Å². The van der Waals surface area contributed by atoms with Crippen LogP contribution >= 0.6 is 11.8 Å². The van der Waals surface area contributed by atoms with Crippen LogP contribution in [0.15, 0.2) is 28.0 Å². The van der Waals surface area contributed by atoms with Gasteiger partial charge in [-0.2, -0.15) is 0 Å². The topological polar surface area (TPSA) is 73.0 Å². The normalized spacial score (nSPS) is 14.8. The van der Waals surface area contributed by atoms with E-state index in [-0.39, 0.29) is 11.4 Å². The Hall–Kier alpha value is -1.76. The monoisotopic (exact) mass is 348 g/mol. The van der Waals surface area contributed by atoms with Crippen LogP contribution < -0.4 is 5.32 Å². The van der Waals surface area contributed by atoms with Crippen LogP contribution in [-0.2, 0) is 11.3 Å². The molecule has 0 unspecified atom stereocenters. The first-order chi connectivity index (χ1) is 11.5. The summed E-state index contributed by atoms with van der Waals surface area (Å²) >= 11 is 1.43. The fraction of sp³-hybridized carbons (Fsp3) is 0.588. The van der Waals surface area contributed by atoms with E-state index in [2.05, 4.69) is 27.0 Å². The molecule has 1 amide bonds. The Labute approximate surface area is 146 Å². The molecule has 0 spiro atoms. The second-order valence-electron chi connectivity index (χ2n) is 6.85. The number of nitrogens with zero attached hydrogens (tertiary/aromatic N) is 3. The standard InChI is InChI=1S/C17H24N4O2S/c1-4-17(2,3)18-14(22)11-24-16-20-19-15(12-7-8-12)21(16)10-13-6-5-9-23-13/h5-6,9,12H,4,7-8,10-11H2,1-3H3,(H,18,22). The van der Waals surface area contributed by atoms with Crippen molar-refractivity contribution in [3.63, 3.8) is 0 Å². The zero-order valence-electron chi connectivity index (χ0n) is 14.4. The van der Waals surface area contributed by atoms with Crippen molar-refractivity contribution in [3.8, 4) is 0 Å². The van der Waals surface area contributed by atoms with Gasteiger partial charge < -0.3 is 9.73 Å². The molecule has 0 bridgehead atoms. The SMILES string of the molecule is CCC(C)(C)NC(=O)CSc1nnc(C2CC2)n1Cc1ccco1. The zero-order valence-corrected chi connectivity index (χ0v) is 15.2. The van der Waals surface area contributed by atoms with Gasteiger partial charge in [0.25, 0.3) is 0 Å². The van der Waals surface area contributed by atoms with Gasteiger partial charge in [-0.1, -0.05) is 18.7 Å². The van der Waals surface area contributed by atoms with Crippen molar-refractivity contribution >= 4 is 17.7 Å². The molecule has 1 aliphatic rings. The van der Waals surface area contributed by atoms with Gasteiger partial charge in [0.05, 0.1) is 18.6 Å². The molecule has 1 aliphatic carbocycles. The minimum Gasteiger partial charge on any atom is -0.467 e. The summed E-state index contributed by atoms with van der Waals surface area (Å²) in [5, 5.41) is 12.5. The predicted molar refractivity (Wildman–Crippen MR) is 93.0 cm³/mol. The average Bonchev–Trinajstić information content (AvgIpc) is 3.11. The lowest BCUT2D eigenvalue weighted by Gasteiger charge is -2.24. The highest BCUT2D eigenvalue weighted by atomic mass is 32.2. The molecule has 0 aromatic carbocycles. The number of nitrogens with one attached hydrogen (secondary N) is 1. The lowest BCUT2D eigenvalue weighted by molar-refractivity contribution is -0.120. The maximum atomic E-state index is 12.2. The number of rotatable bonds is 8. The van der Waals surface area contributed by atoms with Crippen LogP contribution in [0.3, 0.4) is 0 Å². The van der Waals surface area contributed by atoms with Gasteiger partial charge in [-0.25, -0.2) is 0 Å². The number of thioether (sulfide) groups is 1. The summed E-state index contributed by atoms with van der Waals surface area (Å²) < 4.78 is 7.54. The fourth-order valence-electron chi connectivity index (χ4n) is 2.39. The van der Waals surface area contributed by atoms with E-state index < -0.39 is 0 Å². The number of amides is 1. The number of carbonyl (C=O) groups excluding carboxylic acids is 1. The Kier molecular flexibility index (Phi) is 4.99. The molecule has 0 aliphatic heterocycles. The lowest BCUT2D eigenvalue weighted by Crippen LogP contribution is -2.43. The summed E-state index contributed by atoms with van der Waals surface area (Å²) in [7, 11) is 0. The van der Waals surface area contributed by atoms with Gasteiger partial charge in [-0.3, -0.25) is 9.36 Å². The van der Waals surface area contributed by atoms with Crippen LogP contribution in [0.4, 0.5) is 0 Å². The summed E-state index contributed by atoms with van der Waals surface area (Å²) in [5.41, 5.74) is -0.182. The van der Waals surface area contributed by atoms with Crippen molar-refractivity contribution in [1.29, 1.82) is 0 Å². The molecule has 0 atom stereocenters. The first-order valence-electron chi connectivity index (χ1n) is 8.38. The van der Waals surface area contributed by atoms with E-state index in [1.807, 2.05) is 26.0 Å². The van der Waals surface area contributed by atoms with Crippen LogP contribution in [-0.4, -0.2) is 32.0 Å². The first kappa shape index (κ1) is 17.1. The van der Waals surface area contributed by atoms with E-state index in [1.54, 1.807) is 6.26 Å². The van der Waals surface area contributed by atoms with Crippen molar-refractivity contribution in [2.75, 3.05) is 5.75 Å². The maximum Gasteiger partial charge on any atom is 0.230 e. The van der Waals surface area contributed by atoms with E-state index >= 15 is 0 Å². The maximum absolute atomic E-state index is 12.2. The highest BCUT2D eigenvalue weighted by Gasteiger charge is 2.31. The Bertz CT molecular complexity index is 690. The van der Waals surface area contributed by atoms with Crippen LogP contribution in [0, 0.1) is 0 Å². The number of hydrogen-bond acceptors (Lipinski definition) is 5. The minimum atomic E-state index is -0.182. The molecule has 0 saturated heterocycles. The molecule has 7 heteroatoms. The molecule has 6 nitrogen and oxygen atoms in total. The summed E-state index contributed by atoms with van der Waals surface area (Å²) in [4.78, 5) is 12.2. The lowest BCUT2D eigenvalue weighted by atomic mass is 10.0. The van der Waals surface area contributed by atoms with Crippen molar-refractivity contribution in [1.82, 2.24) is 20.1 Å². The van der Waals surface area contributed by atoms with Crippen LogP contribution in [0.1, 0.15) is 57.5 Å². The highest BCUT2D eigenvalue weighted by Crippen LogP contribution is 2.40. The smallest absolute Gasteiger partial charge is 0.230 e. The van der Waals surface area contributed by atoms with Gasteiger partial charge >= 0.3 is 0 Å². The summed E-state index contributed by atoms with van der Waals surface area (Å²) in [5.74, 6) is 2.73. The summed E-state index contributed by atoms with van der Waals surface area (Å²) in [6, 6.07) is 3.82. The number of aromatic nitrogens is 3. The molecule has 2 heterocycles. The fourth-order valence-corrected chi connectivity index (χ4v) is 3.13. The van der Waals surface area contributed by atoms with E-state index in [4.69, 9.17) is 4.42 Å². The van der Waals surface area contributed by atoms with Gasteiger partial charge in [-0.15, -0.1) is 10.2 Å². The van der Waals surface area contributed by atoms with Gasteiger partial charge in [0.15, 0.2) is 5.16 Å². The highest BCUT2D eigenvalue weighted by molar-refractivity contribution is 7.99. The van der Waals surface area contributed by atoms with Crippen molar-refractivity contribution < 1.29 is 9.21 Å². The van der Waals surface area contributed by atoms with Gasteiger partial charge in [0.2, 0.25) is 5.91 Å². The second kappa shape index (κ2) is 7.01. The molecule has 1 saturated carbocycles. The summed E-state index contributed by atoms with van der Waals surface area (Å²) in [6.45, 7) is 6.73.